The number of aromatic amines is 1. The van der Waals surface area contributed by atoms with Crippen molar-refractivity contribution in [3.05, 3.63) is 69.9 Å². The molecule has 2 saturated carbocycles. The van der Waals surface area contributed by atoms with Crippen molar-refractivity contribution in [1.29, 1.82) is 0 Å². The Kier molecular flexibility index (Phi) is 5.85. The first-order chi connectivity index (χ1) is 16.1. The van der Waals surface area contributed by atoms with Gasteiger partial charge in [0.15, 0.2) is 5.84 Å². The van der Waals surface area contributed by atoms with E-state index in [9.17, 15) is 4.79 Å². The molecule has 1 atom stereocenters. The quantitative estimate of drug-likeness (QED) is 0.191. The third-order valence-corrected chi connectivity index (χ3v) is 6.65. The minimum Gasteiger partial charge on any atom is -0.382 e. The average molecular weight is 447 g/mol. The van der Waals surface area contributed by atoms with Crippen LogP contribution in [-0.2, 0) is 0 Å². The number of benzene rings is 1. The zero-order valence-corrected chi connectivity index (χ0v) is 18.8. The summed E-state index contributed by atoms with van der Waals surface area (Å²) in [6.45, 7) is 2.10. The summed E-state index contributed by atoms with van der Waals surface area (Å²) in [5.41, 5.74) is 4.07. The highest BCUT2D eigenvalue weighted by molar-refractivity contribution is 6.11. The number of nitrogens with zero attached hydrogens (tertiary/aromatic N) is 4. The Bertz CT molecular complexity index is 1190. The molecule has 2 fully saturated rings. The Morgan fingerprint density at radius 3 is 2.61 bits per heavy atom. The van der Waals surface area contributed by atoms with E-state index in [4.69, 9.17) is 5.84 Å². The van der Waals surface area contributed by atoms with Crippen molar-refractivity contribution in [2.75, 3.05) is 10.6 Å². The number of hydrogen-bond acceptors (Lipinski definition) is 6. The molecule has 1 aromatic carbocycles. The Morgan fingerprint density at radius 1 is 1.18 bits per heavy atom. The van der Waals surface area contributed by atoms with Crippen LogP contribution in [0, 0.1) is 12.8 Å². The number of aryl methyl sites for hydroxylation is 1. The van der Waals surface area contributed by atoms with Crippen molar-refractivity contribution in [3.63, 3.8) is 0 Å². The van der Waals surface area contributed by atoms with E-state index < -0.39 is 0 Å². The van der Waals surface area contributed by atoms with Gasteiger partial charge < -0.3 is 21.5 Å². The number of hydrogen-bond donors (Lipinski definition) is 4. The van der Waals surface area contributed by atoms with E-state index in [0.29, 0.717) is 23.4 Å². The molecule has 0 radical (unpaired) electrons. The maximum atomic E-state index is 12.6. The molecule has 2 aromatic heterocycles. The van der Waals surface area contributed by atoms with Gasteiger partial charge in [0.25, 0.3) is 5.56 Å². The van der Waals surface area contributed by atoms with Crippen LogP contribution in [0.5, 0.6) is 0 Å². The Morgan fingerprint density at radius 2 is 1.94 bits per heavy atom. The number of nitrogens with one attached hydrogen (secondary N) is 3. The van der Waals surface area contributed by atoms with Gasteiger partial charge in [-0.15, -0.1) is 0 Å². The zero-order valence-electron chi connectivity index (χ0n) is 18.8. The fourth-order valence-corrected chi connectivity index (χ4v) is 4.87. The number of hydrazone groups is 1. The Labute approximate surface area is 192 Å². The smallest absolute Gasteiger partial charge is 0.261 e. The van der Waals surface area contributed by atoms with Gasteiger partial charge in [0.05, 0.1) is 24.1 Å². The molecule has 2 aliphatic carbocycles. The van der Waals surface area contributed by atoms with Gasteiger partial charge in [-0.2, -0.15) is 20.1 Å². The lowest BCUT2D eigenvalue weighted by molar-refractivity contribution is 0.327. The van der Waals surface area contributed by atoms with Gasteiger partial charge in [0.1, 0.15) is 5.56 Å². The van der Waals surface area contributed by atoms with E-state index >= 15 is 0 Å². The number of rotatable bonds is 7. The number of aromatic nitrogens is 4. The third-order valence-electron chi connectivity index (χ3n) is 6.65. The summed E-state index contributed by atoms with van der Waals surface area (Å²) in [5.74, 6) is 6.58. The van der Waals surface area contributed by atoms with Crippen molar-refractivity contribution >= 4 is 17.2 Å². The van der Waals surface area contributed by atoms with Crippen LogP contribution in [0.2, 0.25) is 0 Å². The number of nitrogens with two attached hydrogens (primary N) is 1. The molecule has 0 amide bonds. The van der Waals surface area contributed by atoms with Crippen LogP contribution in [0.25, 0.3) is 0 Å². The molecule has 33 heavy (non-hydrogen) atoms. The first-order valence-electron chi connectivity index (χ1n) is 11.6. The Hall–Kier alpha value is -3.62. The van der Waals surface area contributed by atoms with Crippen LogP contribution < -0.4 is 22.0 Å². The van der Waals surface area contributed by atoms with Crippen LogP contribution in [0.3, 0.4) is 0 Å². The summed E-state index contributed by atoms with van der Waals surface area (Å²) < 4.78 is 0. The largest absolute Gasteiger partial charge is 0.382 e. The normalized spacial score (nSPS) is 17.8. The lowest BCUT2D eigenvalue weighted by Crippen LogP contribution is -2.27. The Balaban J connectivity index is 1.43. The molecule has 2 heterocycles. The predicted molar refractivity (Wildman–Crippen MR) is 129 cm³/mol. The van der Waals surface area contributed by atoms with E-state index in [1.54, 1.807) is 18.6 Å². The SMILES string of the molecule is Cc1cc(N/C(=N/N)c2c(NC3CC3)cc[nH]c2=O)ccc1C(C1CCCC1)n1nccn1. The van der Waals surface area contributed by atoms with Crippen LogP contribution in [0.15, 0.2) is 52.8 Å². The fraction of sp³-hybridized carbons (Fsp3) is 0.417. The average Bonchev–Trinajstić information content (AvgIpc) is 3.25. The molecule has 9 heteroatoms. The van der Waals surface area contributed by atoms with Gasteiger partial charge in [0.2, 0.25) is 0 Å². The van der Waals surface area contributed by atoms with E-state index in [1.165, 1.54) is 31.2 Å². The van der Waals surface area contributed by atoms with Crippen molar-refractivity contribution < 1.29 is 0 Å². The van der Waals surface area contributed by atoms with Gasteiger partial charge in [-0.25, -0.2) is 0 Å². The summed E-state index contributed by atoms with van der Waals surface area (Å²) in [6, 6.07) is 8.55. The monoisotopic (exact) mass is 446 g/mol. The van der Waals surface area contributed by atoms with Gasteiger partial charge in [0, 0.05) is 17.9 Å². The number of amidine groups is 1. The van der Waals surface area contributed by atoms with Crippen LogP contribution in [0.1, 0.15) is 61.3 Å². The topological polar surface area (TPSA) is 126 Å². The second-order valence-electron chi connectivity index (χ2n) is 9.03. The fourth-order valence-electron chi connectivity index (χ4n) is 4.87. The molecular formula is C24H30N8O. The minimum absolute atomic E-state index is 0.116. The van der Waals surface area contributed by atoms with Gasteiger partial charge in [-0.1, -0.05) is 18.9 Å². The lowest BCUT2D eigenvalue weighted by Gasteiger charge is -2.25. The van der Waals surface area contributed by atoms with Crippen molar-refractivity contribution in [2.45, 2.75) is 57.5 Å². The molecule has 1 unspecified atom stereocenters. The second kappa shape index (κ2) is 9.09. The molecular weight excluding hydrogens is 416 g/mol. The van der Waals surface area contributed by atoms with E-state index in [0.717, 1.165) is 29.8 Å². The lowest BCUT2D eigenvalue weighted by atomic mass is 9.89. The summed E-state index contributed by atoms with van der Waals surface area (Å²) in [7, 11) is 0. The van der Waals surface area contributed by atoms with Crippen molar-refractivity contribution in [1.82, 2.24) is 20.0 Å². The molecule has 3 aromatic rings. The summed E-state index contributed by atoms with van der Waals surface area (Å²) in [6.07, 6.45) is 12.2. The van der Waals surface area contributed by atoms with Crippen LogP contribution in [0.4, 0.5) is 11.4 Å². The minimum atomic E-state index is -0.239. The molecule has 2 aliphatic rings. The first kappa shape index (κ1) is 21.2. The number of pyridine rings is 1. The number of H-pyrrole nitrogens is 1. The molecule has 172 valence electrons. The molecule has 9 nitrogen and oxygen atoms in total. The van der Waals surface area contributed by atoms with E-state index in [1.807, 2.05) is 16.9 Å². The van der Waals surface area contributed by atoms with Gasteiger partial charge >= 0.3 is 0 Å². The van der Waals surface area contributed by atoms with Crippen LogP contribution >= 0.6 is 0 Å². The zero-order chi connectivity index (χ0) is 22.8. The standard InChI is InChI=1S/C24H30N8O/c1-15-14-18(8-9-19(15)22(16-4-2-3-5-16)32-27-12-13-28-32)30-23(31-25)21-20(29-17-6-7-17)10-11-26-24(21)33/h8-14,16-17,22H,2-7,25H2,1H3,(H,30,31)(H2,26,29,33). The molecule has 0 aliphatic heterocycles. The summed E-state index contributed by atoms with van der Waals surface area (Å²) in [4.78, 5) is 17.2. The highest BCUT2D eigenvalue weighted by Crippen LogP contribution is 2.39. The molecule has 0 saturated heterocycles. The molecule has 0 bridgehead atoms. The van der Waals surface area contributed by atoms with Crippen molar-refractivity contribution in [3.8, 4) is 0 Å². The summed E-state index contributed by atoms with van der Waals surface area (Å²) in [5, 5.41) is 19.5. The molecule has 5 rings (SSSR count). The molecule has 5 N–H and O–H groups in total. The molecule has 0 spiro atoms. The predicted octanol–water partition coefficient (Wildman–Crippen LogP) is 3.36. The summed E-state index contributed by atoms with van der Waals surface area (Å²) >= 11 is 0. The second-order valence-corrected chi connectivity index (χ2v) is 9.03. The van der Waals surface area contributed by atoms with Crippen LogP contribution in [-0.4, -0.2) is 31.9 Å². The van der Waals surface area contributed by atoms with E-state index in [-0.39, 0.29) is 11.6 Å². The highest BCUT2D eigenvalue weighted by Gasteiger charge is 2.30. The maximum Gasteiger partial charge on any atom is 0.261 e. The van der Waals surface area contributed by atoms with Crippen molar-refractivity contribution in [2.24, 2.45) is 16.9 Å². The van der Waals surface area contributed by atoms with Gasteiger partial charge in [-0.05, 0) is 67.9 Å². The van der Waals surface area contributed by atoms with Gasteiger partial charge in [-0.3, -0.25) is 4.79 Å². The first-order valence-corrected chi connectivity index (χ1v) is 11.6. The number of anilines is 2. The third kappa shape index (κ3) is 4.48. The highest BCUT2D eigenvalue weighted by atomic mass is 16.1. The maximum absolute atomic E-state index is 12.6. The van der Waals surface area contributed by atoms with E-state index in [2.05, 4.69) is 50.0 Å².